The minimum Gasteiger partial charge on any atom is -0.392 e. The number of hydrogen-bond acceptors (Lipinski definition) is 4. The van der Waals surface area contributed by atoms with Crippen LogP contribution < -0.4 is 4.72 Å². The maximum atomic E-state index is 12.6. The predicted octanol–water partition coefficient (Wildman–Crippen LogP) is 2.55. The molecule has 0 atom stereocenters. The Bertz CT molecular complexity index is 784. The number of aromatic nitrogens is 2. The van der Waals surface area contributed by atoms with Crippen molar-refractivity contribution in [1.29, 1.82) is 0 Å². The normalized spacial score (nSPS) is 15.5. The third-order valence-electron chi connectivity index (χ3n) is 3.82. The molecule has 1 heterocycles. The van der Waals surface area contributed by atoms with E-state index in [4.69, 9.17) is 11.6 Å². The zero-order valence-corrected chi connectivity index (χ0v) is 13.3. The number of aliphatic hydroxyl groups is 1. The molecule has 3 rings (SSSR count). The molecule has 0 bridgehead atoms. The fourth-order valence-electron chi connectivity index (χ4n) is 2.40. The van der Waals surface area contributed by atoms with E-state index in [2.05, 4.69) is 9.82 Å². The highest BCUT2D eigenvalue weighted by Crippen LogP contribution is 2.34. The van der Waals surface area contributed by atoms with Crippen molar-refractivity contribution in [2.24, 2.45) is 0 Å². The number of sulfonamides is 1. The molecule has 2 N–H and O–H groups in total. The quantitative estimate of drug-likeness (QED) is 0.875. The Labute approximate surface area is 133 Å². The third kappa shape index (κ3) is 2.71. The van der Waals surface area contributed by atoms with E-state index < -0.39 is 10.0 Å². The van der Waals surface area contributed by atoms with E-state index in [0.717, 1.165) is 19.3 Å². The second kappa shape index (κ2) is 5.91. The minimum absolute atomic E-state index is 0.127. The predicted molar refractivity (Wildman–Crippen MR) is 83.3 cm³/mol. The second-order valence-corrected chi connectivity index (χ2v) is 7.25. The van der Waals surface area contributed by atoms with Gasteiger partial charge in [0.05, 0.1) is 29.6 Å². The molecule has 1 aliphatic carbocycles. The Kier molecular flexibility index (Phi) is 4.12. The first kappa shape index (κ1) is 15.3. The molecule has 2 aromatic rings. The molecule has 1 saturated carbocycles. The smallest absolute Gasteiger partial charge is 0.279 e. The number of anilines is 1. The van der Waals surface area contributed by atoms with Crippen molar-refractivity contribution in [3.05, 3.63) is 41.0 Å². The summed E-state index contributed by atoms with van der Waals surface area (Å²) in [6.07, 6.45) is 4.44. The van der Waals surface area contributed by atoms with Gasteiger partial charge in [0.1, 0.15) is 0 Å². The van der Waals surface area contributed by atoms with Crippen LogP contribution in [0.15, 0.2) is 35.5 Å². The Morgan fingerprint density at radius 2 is 2.14 bits per heavy atom. The highest BCUT2D eigenvalue weighted by molar-refractivity contribution is 7.92. The lowest BCUT2D eigenvalue weighted by atomic mass is 9.93. The van der Waals surface area contributed by atoms with Gasteiger partial charge in [0, 0.05) is 0 Å². The lowest BCUT2D eigenvalue weighted by Gasteiger charge is -2.27. The molecule has 0 radical (unpaired) electrons. The van der Waals surface area contributed by atoms with Gasteiger partial charge < -0.3 is 5.11 Å². The molecule has 6 nitrogen and oxygen atoms in total. The van der Waals surface area contributed by atoms with E-state index in [0.29, 0.717) is 5.56 Å². The number of rotatable bonds is 5. The number of nitrogens with zero attached hydrogens (tertiary/aromatic N) is 2. The molecular weight excluding hydrogens is 326 g/mol. The molecule has 118 valence electrons. The van der Waals surface area contributed by atoms with E-state index >= 15 is 0 Å². The molecule has 0 spiro atoms. The molecule has 0 aliphatic heterocycles. The van der Waals surface area contributed by atoms with Gasteiger partial charge >= 0.3 is 0 Å². The van der Waals surface area contributed by atoms with Crippen LogP contribution in [0.1, 0.15) is 30.9 Å². The Morgan fingerprint density at radius 1 is 1.36 bits per heavy atom. The van der Waals surface area contributed by atoms with E-state index in [-0.39, 0.29) is 28.4 Å². The number of benzene rings is 1. The largest absolute Gasteiger partial charge is 0.392 e. The molecule has 8 heteroatoms. The average molecular weight is 342 g/mol. The maximum absolute atomic E-state index is 12.6. The topological polar surface area (TPSA) is 84.2 Å². The first-order chi connectivity index (χ1) is 10.5. The van der Waals surface area contributed by atoms with Crippen molar-refractivity contribution in [1.82, 2.24) is 9.78 Å². The standard InChI is InChI=1S/C14H16ClN3O3S/c15-14-10(9-19)3-1-6-12(14)17-22(20,21)13-7-8-16-18(13)11-4-2-5-11/h1,3,6-8,11,17,19H,2,4-5,9H2. The summed E-state index contributed by atoms with van der Waals surface area (Å²) in [7, 11) is -3.78. The summed E-state index contributed by atoms with van der Waals surface area (Å²) in [5.74, 6) is 0. The summed E-state index contributed by atoms with van der Waals surface area (Å²) in [5, 5.41) is 13.7. The third-order valence-corrected chi connectivity index (χ3v) is 5.63. The van der Waals surface area contributed by atoms with E-state index in [1.807, 2.05) is 0 Å². The van der Waals surface area contributed by atoms with Gasteiger partial charge in [-0.15, -0.1) is 0 Å². The van der Waals surface area contributed by atoms with Crippen molar-refractivity contribution < 1.29 is 13.5 Å². The number of nitrogens with one attached hydrogen (secondary N) is 1. The van der Waals surface area contributed by atoms with Crippen LogP contribution >= 0.6 is 11.6 Å². The number of halogens is 1. The van der Waals surface area contributed by atoms with Crippen molar-refractivity contribution in [3.63, 3.8) is 0 Å². The summed E-state index contributed by atoms with van der Waals surface area (Å²) in [6.45, 7) is -0.256. The molecule has 1 aliphatic rings. The lowest BCUT2D eigenvalue weighted by Crippen LogP contribution is -2.24. The molecule has 0 unspecified atom stereocenters. The number of aliphatic hydroxyl groups excluding tert-OH is 1. The lowest BCUT2D eigenvalue weighted by molar-refractivity contribution is 0.271. The van der Waals surface area contributed by atoms with Crippen LogP contribution in [0.3, 0.4) is 0 Å². The van der Waals surface area contributed by atoms with Gasteiger partial charge in [-0.3, -0.25) is 4.72 Å². The van der Waals surface area contributed by atoms with Crippen molar-refractivity contribution in [3.8, 4) is 0 Å². The first-order valence-corrected chi connectivity index (χ1v) is 8.83. The molecule has 22 heavy (non-hydrogen) atoms. The summed E-state index contributed by atoms with van der Waals surface area (Å²) in [4.78, 5) is 0. The SMILES string of the molecule is O=S(=O)(Nc1cccc(CO)c1Cl)c1ccnn1C1CCC1. The summed E-state index contributed by atoms with van der Waals surface area (Å²) >= 11 is 6.11. The van der Waals surface area contributed by atoms with Crippen molar-refractivity contribution in [2.45, 2.75) is 36.9 Å². The summed E-state index contributed by atoms with van der Waals surface area (Å²) in [6, 6.07) is 6.45. The van der Waals surface area contributed by atoms with Crippen molar-refractivity contribution in [2.75, 3.05) is 4.72 Å². The van der Waals surface area contributed by atoms with Gasteiger partial charge in [0.25, 0.3) is 10.0 Å². The van der Waals surface area contributed by atoms with Crippen LogP contribution in [0.4, 0.5) is 5.69 Å². The van der Waals surface area contributed by atoms with Gasteiger partial charge in [0.2, 0.25) is 0 Å². The molecule has 1 aromatic carbocycles. The van der Waals surface area contributed by atoms with Crippen LogP contribution in [0.25, 0.3) is 0 Å². The molecular formula is C14H16ClN3O3S. The van der Waals surface area contributed by atoms with E-state index in [9.17, 15) is 13.5 Å². The Hall–Kier alpha value is -1.57. The highest BCUT2D eigenvalue weighted by atomic mass is 35.5. The monoisotopic (exact) mass is 341 g/mol. The van der Waals surface area contributed by atoms with Crippen LogP contribution in [-0.2, 0) is 16.6 Å². The summed E-state index contributed by atoms with van der Waals surface area (Å²) < 4.78 is 29.2. The average Bonchev–Trinajstić information content (AvgIpc) is 2.89. The van der Waals surface area contributed by atoms with Crippen LogP contribution in [0.5, 0.6) is 0 Å². The molecule has 0 saturated heterocycles. The van der Waals surface area contributed by atoms with Gasteiger partial charge in [-0.2, -0.15) is 13.5 Å². The maximum Gasteiger partial charge on any atom is 0.279 e. The fourth-order valence-corrected chi connectivity index (χ4v) is 3.93. The number of hydrogen-bond donors (Lipinski definition) is 2. The highest BCUT2D eigenvalue weighted by Gasteiger charge is 2.28. The molecule has 0 amide bonds. The fraction of sp³-hybridized carbons (Fsp3) is 0.357. The van der Waals surface area contributed by atoms with Gasteiger partial charge in [-0.05, 0) is 37.0 Å². The van der Waals surface area contributed by atoms with E-state index in [1.54, 1.807) is 22.9 Å². The van der Waals surface area contributed by atoms with E-state index in [1.165, 1.54) is 12.3 Å². The molecule has 1 aromatic heterocycles. The Balaban J connectivity index is 1.93. The van der Waals surface area contributed by atoms with Gasteiger partial charge in [0.15, 0.2) is 5.03 Å². The zero-order valence-electron chi connectivity index (χ0n) is 11.7. The second-order valence-electron chi connectivity index (χ2n) is 5.24. The van der Waals surface area contributed by atoms with Crippen molar-refractivity contribution >= 4 is 27.3 Å². The first-order valence-electron chi connectivity index (χ1n) is 6.97. The Morgan fingerprint density at radius 3 is 2.77 bits per heavy atom. The minimum atomic E-state index is -3.78. The van der Waals surface area contributed by atoms with Crippen LogP contribution in [0.2, 0.25) is 5.02 Å². The zero-order chi connectivity index (χ0) is 15.7. The van der Waals surface area contributed by atoms with Gasteiger partial charge in [-0.25, -0.2) is 4.68 Å². The van der Waals surface area contributed by atoms with Crippen LogP contribution in [-0.4, -0.2) is 23.3 Å². The molecule has 1 fully saturated rings. The van der Waals surface area contributed by atoms with Crippen LogP contribution in [0, 0.1) is 0 Å². The van der Waals surface area contributed by atoms with Gasteiger partial charge in [-0.1, -0.05) is 23.7 Å². The summed E-state index contributed by atoms with van der Waals surface area (Å²) in [5.41, 5.74) is 0.712.